The van der Waals surface area contributed by atoms with Gasteiger partial charge >= 0.3 is 0 Å². The zero-order valence-corrected chi connectivity index (χ0v) is 14.5. The summed E-state index contributed by atoms with van der Waals surface area (Å²) in [5.41, 5.74) is -1.12. The molecule has 1 N–H and O–H groups in total. The van der Waals surface area contributed by atoms with E-state index in [1.807, 2.05) is 4.90 Å². The zero-order valence-electron chi connectivity index (χ0n) is 14.5. The molecule has 3 rings (SSSR count). The molecule has 2 amide bonds. The van der Waals surface area contributed by atoms with E-state index in [0.717, 1.165) is 32.2 Å². The molecule has 1 aliphatic carbocycles. The second kappa shape index (κ2) is 4.97. The van der Waals surface area contributed by atoms with Gasteiger partial charge in [-0.3, -0.25) is 9.59 Å². The van der Waals surface area contributed by atoms with Crippen LogP contribution in [0.2, 0.25) is 0 Å². The zero-order chi connectivity index (χ0) is 16.2. The minimum absolute atomic E-state index is 0.0219. The number of likely N-dealkylation sites (tertiary alicyclic amines) is 1. The van der Waals surface area contributed by atoms with E-state index in [0.29, 0.717) is 19.0 Å². The van der Waals surface area contributed by atoms with Gasteiger partial charge in [-0.05, 0) is 49.4 Å². The van der Waals surface area contributed by atoms with E-state index < -0.39 is 5.41 Å². The van der Waals surface area contributed by atoms with Gasteiger partial charge < -0.3 is 10.2 Å². The third-order valence-corrected chi connectivity index (χ3v) is 7.38. The fraction of sp³-hybridized carbons (Fsp3) is 0.889. The summed E-state index contributed by atoms with van der Waals surface area (Å²) < 4.78 is 0. The third kappa shape index (κ3) is 1.75. The summed E-state index contributed by atoms with van der Waals surface area (Å²) in [7, 11) is 0. The van der Waals surface area contributed by atoms with Gasteiger partial charge in [0, 0.05) is 19.1 Å². The molecule has 2 heterocycles. The lowest BCUT2D eigenvalue weighted by Gasteiger charge is -2.53. The van der Waals surface area contributed by atoms with Crippen LogP contribution in [0.4, 0.5) is 0 Å². The van der Waals surface area contributed by atoms with Crippen molar-refractivity contribution in [3.8, 4) is 0 Å². The quantitative estimate of drug-likeness (QED) is 0.798. The van der Waals surface area contributed by atoms with Crippen LogP contribution in [0.1, 0.15) is 66.2 Å². The second-order valence-corrected chi connectivity index (χ2v) is 8.33. The first-order valence-corrected chi connectivity index (χ1v) is 8.89. The van der Waals surface area contributed by atoms with Crippen molar-refractivity contribution in [2.75, 3.05) is 13.1 Å². The summed E-state index contributed by atoms with van der Waals surface area (Å²) in [5.74, 6) is 0.0721. The van der Waals surface area contributed by atoms with Gasteiger partial charge in [0.15, 0.2) is 0 Å². The van der Waals surface area contributed by atoms with Crippen LogP contribution in [0.5, 0.6) is 0 Å². The number of rotatable bonds is 2. The van der Waals surface area contributed by atoms with Crippen molar-refractivity contribution in [2.24, 2.45) is 16.2 Å². The highest BCUT2D eigenvalue weighted by atomic mass is 16.2. The average molecular weight is 306 g/mol. The SMILES string of the molecule is CC[C@H]1CCCCN1C(=O)[C@]12CC[C@@](C)(CNC1=O)C2(C)C. The fourth-order valence-corrected chi connectivity index (χ4v) is 5.15. The summed E-state index contributed by atoms with van der Waals surface area (Å²) in [4.78, 5) is 28.4. The van der Waals surface area contributed by atoms with E-state index in [1.54, 1.807) is 0 Å². The Morgan fingerprint density at radius 2 is 2.00 bits per heavy atom. The van der Waals surface area contributed by atoms with Crippen molar-refractivity contribution in [1.29, 1.82) is 0 Å². The monoisotopic (exact) mass is 306 g/mol. The predicted molar refractivity (Wildman–Crippen MR) is 86.2 cm³/mol. The lowest BCUT2D eigenvalue weighted by Crippen LogP contribution is -2.66. The Hall–Kier alpha value is -1.06. The number of carbonyl (C=O) groups excluding carboxylic acids is 2. The maximum atomic E-state index is 13.5. The minimum Gasteiger partial charge on any atom is -0.355 e. The number of piperidine rings is 2. The first kappa shape index (κ1) is 15.8. The largest absolute Gasteiger partial charge is 0.355 e. The number of hydrogen-bond donors (Lipinski definition) is 1. The molecule has 0 unspecified atom stereocenters. The maximum absolute atomic E-state index is 13.5. The predicted octanol–water partition coefficient (Wildman–Crippen LogP) is 2.72. The molecule has 1 saturated carbocycles. The number of hydrogen-bond acceptors (Lipinski definition) is 2. The second-order valence-electron chi connectivity index (χ2n) is 8.33. The Balaban J connectivity index is 2.00. The summed E-state index contributed by atoms with van der Waals surface area (Å²) in [6.45, 7) is 10.2. The number of amides is 2. The molecule has 4 heteroatoms. The summed E-state index contributed by atoms with van der Waals surface area (Å²) >= 11 is 0. The lowest BCUT2D eigenvalue weighted by molar-refractivity contribution is -0.168. The van der Waals surface area contributed by atoms with Crippen molar-refractivity contribution in [2.45, 2.75) is 72.3 Å². The van der Waals surface area contributed by atoms with E-state index >= 15 is 0 Å². The van der Waals surface area contributed by atoms with E-state index in [2.05, 4.69) is 33.0 Å². The average Bonchev–Trinajstić information content (AvgIpc) is 2.62. The van der Waals surface area contributed by atoms with Crippen LogP contribution < -0.4 is 5.32 Å². The Labute approximate surface area is 134 Å². The number of nitrogens with zero attached hydrogens (tertiary/aromatic N) is 1. The van der Waals surface area contributed by atoms with E-state index in [9.17, 15) is 9.59 Å². The molecule has 22 heavy (non-hydrogen) atoms. The Bertz CT molecular complexity index is 501. The van der Waals surface area contributed by atoms with E-state index in [4.69, 9.17) is 0 Å². The number of carbonyl (C=O) groups is 2. The van der Waals surface area contributed by atoms with E-state index in [1.165, 1.54) is 6.42 Å². The summed E-state index contributed by atoms with van der Waals surface area (Å²) in [5, 5.41) is 3.05. The van der Waals surface area contributed by atoms with Gasteiger partial charge in [0.05, 0.1) is 0 Å². The smallest absolute Gasteiger partial charge is 0.239 e. The van der Waals surface area contributed by atoms with Crippen LogP contribution in [-0.2, 0) is 9.59 Å². The lowest BCUT2D eigenvalue weighted by atomic mass is 9.55. The molecular weight excluding hydrogens is 276 g/mol. The Morgan fingerprint density at radius 3 is 2.68 bits per heavy atom. The minimum atomic E-state index is -0.856. The highest BCUT2D eigenvalue weighted by Gasteiger charge is 2.71. The van der Waals surface area contributed by atoms with Gasteiger partial charge in [-0.1, -0.05) is 27.7 Å². The van der Waals surface area contributed by atoms with Crippen molar-refractivity contribution >= 4 is 11.8 Å². The molecule has 3 aliphatic rings. The molecule has 0 radical (unpaired) electrons. The normalized spacial score (nSPS) is 40.5. The van der Waals surface area contributed by atoms with Gasteiger partial charge in [0.1, 0.15) is 5.41 Å². The van der Waals surface area contributed by atoms with Gasteiger partial charge in [-0.15, -0.1) is 0 Å². The van der Waals surface area contributed by atoms with Crippen LogP contribution in [0, 0.1) is 16.2 Å². The van der Waals surface area contributed by atoms with Crippen LogP contribution >= 0.6 is 0 Å². The summed E-state index contributed by atoms with van der Waals surface area (Å²) in [6, 6.07) is 0.313. The molecule has 4 nitrogen and oxygen atoms in total. The summed E-state index contributed by atoms with van der Waals surface area (Å²) in [6.07, 6.45) is 5.99. The Morgan fingerprint density at radius 1 is 1.27 bits per heavy atom. The molecule has 2 saturated heterocycles. The molecule has 2 bridgehead atoms. The van der Waals surface area contributed by atoms with Crippen LogP contribution in [-0.4, -0.2) is 35.8 Å². The highest BCUT2D eigenvalue weighted by molar-refractivity contribution is 6.07. The van der Waals surface area contributed by atoms with Crippen molar-refractivity contribution in [3.05, 3.63) is 0 Å². The molecule has 0 spiro atoms. The van der Waals surface area contributed by atoms with Gasteiger partial charge in [-0.25, -0.2) is 0 Å². The van der Waals surface area contributed by atoms with Gasteiger partial charge in [-0.2, -0.15) is 0 Å². The fourth-order valence-electron chi connectivity index (χ4n) is 5.15. The molecule has 124 valence electrons. The topological polar surface area (TPSA) is 49.4 Å². The van der Waals surface area contributed by atoms with Crippen LogP contribution in [0.25, 0.3) is 0 Å². The van der Waals surface area contributed by atoms with E-state index in [-0.39, 0.29) is 22.6 Å². The van der Waals surface area contributed by atoms with Crippen molar-refractivity contribution in [3.63, 3.8) is 0 Å². The standard InChI is InChI=1S/C18H30N2O2/c1-5-13-8-6-7-11-20(13)15(22)18-10-9-17(4,16(18,2)3)12-19-14(18)21/h13H,5-12H2,1-4H3,(H,19,21)/t13-,17-,18-/m0/s1. The van der Waals surface area contributed by atoms with Crippen LogP contribution in [0.15, 0.2) is 0 Å². The number of fused-ring (bicyclic) bond motifs is 2. The molecule has 0 aromatic heterocycles. The third-order valence-electron chi connectivity index (χ3n) is 7.38. The number of nitrogens with one attached hydrogen (secondary N) is 1. The van der Waals surface area contributed by atoms with Gasteiger partial charge in [0.25, 0.3) is 0 Å². The van der Waals surface area contributed by atoms with Crippen molar-refractivity contribution < 1.29 is 9.59 Å². The highest BCUT2D eigenvalue weighted by Crippen LogP contribution is 2.65. The van der Waals surface area contributed by atoms with Crippen molar-refractivity contribution in [1.82, 2.24) is 10.2 Å². The molecule has 2 aliphatic heterocycles. The molecule has 0 aromatic carbocycles. The molecule has 3 atom stereocenters. The molecular formula is C18H30N2O2. The first-order chi connectivity index (χ1) is 10.3. The molecule has 0 aromatic rings. The maximum Gasteiger partial charge on any atom is 0.239 e. The van der Waals surface area contributed by atoms with Crippen LogP contribution in [0.3, 0.4) is 0 Å². The molecule has 3 fully saturated rings. The first-order valence-electron chi connectivity index (χ1n) is 8.89. The Kier molecular flexibility index (Phi) is 3.57. The van der Waals surface area contributed by atoms with Gasteiger partial charge in [0.2, 0.25) is 11.8 Å².